The Labute approximate surface area is 192 Å². The van der Waals surface area contributed by atoms with E-state index >= 15 is 0 Å². The summed E-state index contributed by atoms with van der Waals surface area (Å²) in [5.41, 5.74) is 1.95. The predicted molar refractivity (Wildman–Crippen MR) is 128 cm³/mol. The summed E-state index contributed by atoms with van der Waals surface area (Å²) < 4.78 is 10.8. The van der Waals surface area contributed by atoms with Gasteiger partial charge in [-0.05, 0) is 48.7 Å². The summed E-state index contributed by atoms with van der Waals surface area (Å²) in [6.45, 7) is 7.20. The summed E-state index contributed by atoms with van der Waals surface area (Å²) in [6, 6.07) is 11.5. The molecule has 1 aliphatic rings. The number of nitrogens with zero attached hydrogens (tertiary/aromatic N) is 1. The molecule has 0 saturated heterocycles. The van der Waals surface area contributed by atoms with E-state index in [1.54, 1.807) is 0 Å². The van der Waals surface area contributed by atoms with E-state index in [4.69, 9.17) is 9.47 Å². The number of thiophene rings is 1. The van der Waals surface area contributed by atoms with E-state index in [2.05, 4.69) is 17.1 Å². The summed E-state index contributed by atoms with van der Waals surface area (Å²) in [5, 5.41) is 5.32. The number of ether oxygens (including phenoxy) is 2. The van der Waals surface area contributed by atoms with Crippen LogP contribution in [0.4, 0.5) is 5.00 Å². The molecule has 6 nitrogen and oxygen atoms in total. The summed E-state index contributed by atoms with van der Waals surface area (Å²) in [6.07, 6.45) is 1.85. The normalized spacial score (nSPS) is 13.6. The smallest absolute Gasteiger partial charge is 0.341 e. The largest absolute Gasteiger partial charge is 0.493 e. The van der Waals surface area contributed by atoms with Crippen LogP contribution in [0.25, 0.3) is 10.8 Å². The van der Waals surface area contributed by atoms with Crippen molar-refractivity contribution >= 4 is 39.0 Å². The third-order valence-corrected chi connectivity index (χ3v) is 6.84. The third-order valence-electron chi connectivity index (χ3n) is 5.71. The fourth-order valence-electron chi connectivity index (χ4n) is 4.30. The molecule has 168 valence electrons. The number of carbonyl (C=O) groups excluding carboxylic acids is 2. The molecule has 1 amide bonds. The molecule has 0 saturated carbocycles. The van der Waals surface area contributed by atoms with Gasteiger partial charge in [-0.15, -0.1) is 11.3 Å². The Bertz CT molecular complexity index is 1150. The molecule has 0 spiro atoms. The van der Waals surface area contributed by atoms with Crippen LogP contribution in [-0.4, -0.2) is 43.6 Å². The lowest BCUT2D eigenvalue weighted by atomic mass is 10.0. The van der Waals surface area contributed by atoms with E-state index in [9.17, 15) is 9.59 Å². The number of amides is 1. The number of carbonyl (C=O) groups is 2. The topological polar surface area (TPSA) is 67.9 Å². The molecule has 0 aliphatic carbocycles. The molecule has 32 heavy (non-hydrogen) atoms. The number of hydrogen-bond donors (Lipinski definition) is 1. The fourth-order valence-corrected chi connectivity index (χ4v) is 5.57. The molecular weight excluding hydrogens is 424 g/mol. The maximum atomic E-state index is 13.5. The van der Waals surface area contributed by atoms with Crippen molar-refractivity contribution in [2.75, 3.05) is 32.1 Å². The van der Waals surface area contributed by atoms with E-state index in [-0.39, 0.29) is 5.91 Å². The molecule has 0 unspecified atom stereocenters. The minimum Gasteiger partial charge on any atom is -0.493 e. The molecule has 1 N–H and O–H groups in total. The minimum absolute atomic E-state index is 0.292. The highest BCUT2D eigenvalue weighted by molar-refractivity contribution is 7.17. The average molecular weight is 453 g/mol. The lowest BCUT2D eigenvalue weighted by Crippen LogP contribution is -2.30. The number of methoxy groups -OCH3 is 1. The van der Waals surface area contributed by atoms with Crippen molar-refractivity contribution in [3.05, 3.63) is 58.0 Å². The van der Waals surface area contributed by atoms with Crippen molar-refractivity contribution in [3.8, 4) is 5.75 Å². The van der Waals surface area contributed by atoms with Crippen LogP contribution in [0.3, 0.4) is 0 Å². The van der Waals surface area contributed by atoms with Gasteiger partial charge in [-0.25, -0.2) is 4.79 Å². The second-order valence-electron chi connectivity index (χ2n) is 7.77. The Balaban J connectivity index is 1.74. The van der Waals surface area contributed by atoms with Crippen molar-refractivity contribution in [1.82, 2.24) is 4.90 Å². The summed E-state index contributed by atoms with van der Waals surface area (Å²) in [7, 11) is 1.38. The van der Waals surface area contributed by atoms with Gasteiger partial charge in [0.15, 0.2) is 0 Å². The first kappa shape index (κ1) is 22.3. The van der Waals surface area contributed by atoms with Crippen LogP contribution in [0.5, 0.6) is 5.75 Å². The molecule has 1 aliphatic heterocycles. The van der Waals surface area contributed by atoms with Gasteiger partial charge >= 0.3 is 5.97 Å². The van der Waals surface area contributed by atoms with Gasteiger partial charge in [-0.2, -0.15) is 0 Å². The maximum Gasteiger partial charge on any atom is 0.341 e. The van der Waals surface area contributed by atoms with Gasteiger partial charge in [0, 0.05) is 18.0 Å². The number of benzene rings is 2. The first-order valence-electron chi connectivity index (χ1n) is 11.0. The zero-order valence-electron chi connectivity index (χ0n) is 18.7. The van der Waals surface area contributed by atoms with Gasteiger partial charge in [0.05, 0.1) is 24.8 Å². The number of nitrogens with one attached hydrogen (secondary N) is 1. The Morgan fingerprint density at radius 3 is 2.69 bits per heavy atom. The lowest BCUT2D eigenvalue weighted by molar-refractivity contribution is 0.0600. The Morgan fingerprint density at radius 2 is 1.94 bits per heavy atom. The molecule has 0 atom stereocenters. The van der Waals surface area contributed by atoms with Crippen LogP contribution in [0.15, 0.2) is 36.4 Å². The SMILES string of the molecule is CCCN1CCc2c(sc(NC(=O)c3c(OCC)ccc4ccccc34)c2C(=O)OC)C1. The summed E-state index contributed by atoms with van der Waals surface area (Å²) in [4.78, 5) is 29.7. The van der Waals surface area contributed by atoms with Gasteiger partial charge in [-0.1, -0.05) is 37.3 Å². The van der Waals surface area contributed by atoms with E-state index in [0.717, 1.165) is 53.7 Å². The number of esters is 1. The van der Waals surface area contributed by atoms with Gasteiger partial charge in [-0.3, -0.25) is 9.69 Å². The summed E-state index contributed by atoms with van der Waals surface area (Å²) in [5.74, 6) is -0.178. The van der Waals surface area contributed by atoms with Crippen LogP contribution in [0.1, 0.15) is 51.4 Å². The molecule has 0 bridgehead atoms. The number of rotatable bonds is 7. The first-order valence-corrected chi connectivity index (χ1v) is 11.8. The van der Waals surface area contributed by atoms with Crippen molar-refractivity contribution in [2.24, 2.45) is 0 Å². The fraction of sp³-hybridized carbons (Fsp3) is 0.360. The van der Waals surface area contributed by atoms with E-state index in [0.29, 0.717) is 28.5 Å². The van der Waals surface area contributed by atoms with E-state index in [1.807, 2.05) is 43.3 Å². The second kappa shape index (κ2) is 9.71. The zero-order valence-corrected chi connectivity index (χ0v) is 19.5. The molecule has 7 heteroatoms. The second-order valence-corrected chi connectivity index (χ2v) is 8.88. The van der Waals surface area contributed by atoms with Crippen molar-refractivity contribution < 1.29 is 19.1 Å². The molecule has 2 heterocycles. The highest BCUT2D eigenvalue weighted by atomic mass is 32.1. The maximum absolute atomic E-state index is 13.5. The molecule has 1 aromatic heterocycles. The van der Waals surface area contributed by atoms with Gasteiger partial charge in [0.1, 0.15) is 10.8 Å². The van der Waals surface area contributed by atoms with Gasteiger partial charge in [0.2, 0.25) is 0 Å². The Kier molecular flexibility index (Phi) is 6.77. The molecule has 0 radical (unpaired) electrons. The number of fused-ring (bicyclic) bond motifs is 2. The van der Waals surface area contributed by atoms with Crippen molar-refractivity contribution in [1.29, 1.82) is 0 Å². The quantitative estimate of drug-likeness (QED) is 0.505. The molecular formula is C25H28N2O4S. The van der Waals surface area contributed by atoms with Crippen molar-refractivity contribution in [3.63, 3.8) is 0 Å². The van der Waals surface area contributed by atoms with Gasteiger partial charge < -0.3 is 14.8 Å². The van der Waals surface area contributed by atoms with Gasteiger partial charge in [0.25, 0.3) is 5.91 Å². The molecule has 4 rings (SSSR count). The predicted octanol–water partition coefficient (Wildman–Crippen LogP) is 5.11. The van der Waals surface area contributed by atoms with Crippen LogP contribution in [-0.2, 0) is 17.7 Å². The lowest BCUT2D eigenvalue weighted by Gasteiger charge is -2.26. The highest BCUT2D eigenvalue weighted by Gasteiger charge is 2.30. The van der Waals surface area contributed by atoms with Crippen LogP contribution < -0.4 is 10.1 Å². The Morgan fingerprint density at radius 1 is 1.12 bits per heavy atom. The van der Waals surface area contributed by atoms with Crippen LogP contribution in [0, 0.1) is 0 Å². The Hall–Kier alpha value is -2.90. The number of anilines is 1. The van der Waals surface area contributed by atoms with Crippen LogP contribution >= 0.6 is 11.3 Å². The zero-order chi connectivity index (χ0) is 22.7. The number of hydrogen-bond acceptors (Lipinski definition) is 6. The monoisotopic (exact) mass is 452 g/mol. The summed E-state index contributed by atoms with van der Waals surface area (Å²) >= 11 is 1.47. The molecule has 0 fully saturated rings. The minimum atomic E-state index is -0.412. The van der Waals surface area contributed by atoms with E-state index in [1.165, 1.54) is 18.4 Å². The van der Waals surface area contributed by atoms with Crippen molar-refractivity contribution in [2.45, 2.75) is 33.2 Å². The highest BCUT2D eigenvalue weighted by Crippen LogP contribution is 2.39. The standard InChI is InChI=1S/C25H28N2O4S/c1-4-13-27-14-12-18-20(15-27)32-24(22(18)25(29)30-3)26-23(28)21-17-9-7-6-8-16(17)10-11-19(21)31-5-2/h6-11H,4-5,12-15H2,1-3H3,(H,26,28). The van der Waals surface area contributed by atoms with E-state index < -0.39 is 5.97 Å². The third kappa shape index (κ3) is 4.23. The first-order chi connectivity index (χ1) is 15.6. The molecule has 3 aromatic rings. The van der Waals surface area contributed by atoms with Crippen LogP contribution in [0.2, 0.25) is 0 Å². The average Bonchev–Trinajstić information content (AvgIpc) is 3.15. The molecule has 2 aromatic carbocycles.